The highest BCUT2D eigenvalue weighted by molar-refractivity contribution is 5.68. The number of aromatic nitrogens is 2. The summed E-state index contributed by atoms with van der Waals surface area (Å²) in [5.41, 5.74) is 9.52. The Bertz CT molecular complexity index is 613. The predicted molar refractivity (Wildman–Crippen MR) is 108 cm³/mol. The summed E-state index contributed by atoms with van der Waals surface area (Å²) < 4.78 is 4.84. The van der Waals surface area contributed by atoms with Crippen LogP contribution in [0.25, 0.3) is 5.57 Å². The molecule has 0 aromatic carbocycles. The van der Waals surface area contributed by atoms with Gasteiger partial charge in [-0.2, -0.15) is 0 Å². The van der Waals surface area contributed by atoms with Gasteiger partial charge in [-0.25, -0.2) is 4.63 Å². The summed E-state index contributed by atoms with van der Waals surface area (Å²) in [6.45, 7) is 16.9. The minimum atomic E-state index is 0.124. The van der Waals surface area contributed by atoms with Gasteiger partial charge in [0.05, 0.1) is 0 Å². The molecule has 1 unspecified atom stereocenters. The number of nitrogens with zero attached hydrogens (tertiary/aromatic N) is 2. The molecule has 0 amide bonds. The second-order valence-electron chi connectivity index (χ2n) is 6.67. The third kappa shape index (κ3) is 7.55. The normalized spacial score (nSPS) is 14.7. The Labute approximate surface area is 153 Å². The zero-order valence-corrected chi connectivity index (χ0v) is 17.1. The van der Waals surface area contributed by atoms with Gasteiger partial charge in [0.25, 0.3) is 0 Å². The molecule has 0 radical (unpaired) electrons. The second-order valence-corrected chi connectivity index (χ2v) is 6.67. The average Bonchev–Trinajstić information content (AvgIpc) is 2.98. The van der Waals surface area contributed by atoms with Gasteiger partial charge in [0, 0.05) is 5.92 Å². The molecule has 1 aromatic heterocycles. The molecule has 0 aliphatic carbocycles. The van der Waals surface area contributed by atoms with Crippen molar-refractivity contribution in [3.63, 3.8) is 0 Å². The highest BCUT2D eigenvalue weighted by Crippen LogP contribution is 2.30. The number of aryl methyl sites for hydroxylation is 1. The molecule has 4 nitrogen and oxygen atoms in total. The van der Waals surface area contributed by atoms with E-state index in [0.717, 1.165) is 23.4 Å². The van der Waals surface area contributed by atoms with Crippen molar-refractivity contribution in [1.29, 1.82) is 0 Å². The molecule has 0 aliphatic heterocycles. The van der Waals surface area contributed by atoms with Crippen LogP contribution in [-0.4, -0.2) is 10.3 Å². The highest BCUT2D eigenvalue weighted by atomic mass is 16.6. The Hall–Kier alpha value is -2.10. The Morgan fingerprint density at radius 2 is 1.88 bits per heavy atom. The van der Waals surface area contributed by atoms with Crippen molar-refractivity contribution in [2.45, 2.75) is 61.8 Å². The smallest absolute Gasteiger partial charge is 0.134 e. The van der Waals surface area contributed by atoms with Crippen LogP contribution in [0.3, 0.4) is 0 Å². The molecule has 1 heterocycles. The first-order chi connectivity index (χ1) is 11.8. The summed E-state index contributed by atoms with van der Waals surface area (Å²) in [7, 11) is 0. The lowest BCUT2D eigenvalue weighted by molar-refractivity contribution is 0.303. The molecule has 25 heavy (non-hydrogen) atoms. The summed E-state index contributed by atoms with van der Waals surface area (Å²) in [5, 5.41) is 7.90. The summed E-state index contributed by atoms with van der Waals surface area (Å²) in [6, 6.07) is 0. The van der Waals surface area contributed by atoms with E-state index in [0.29, 0.717) is 0 Å². The quantitative estimate of drug-likeness (QED) is 0.658. The number of hydrogen-bond acceptors (Lipinski definition) is 4. The van der Waals surface area contributed by atoms with Crippen molar-refractivity contribution in [3.8, 4) is 0 Å². The standard InChI is InChI=1S/C19H29N3O.C2H6/c1-7-9-16(19(4,5)6)12-11-14(2)17(10-8-13-20)18-15(3)21-23-22-18;1-2/h8-14H,7,20H2,1-6H3;1-2H3/b12-11-,13-8+,16-9+,17-10-;. The molecule has 0 spiro atoms. The fraction of sp³-hybridized carbons (Fsp3) is 0.524. The van der Waals surface area contributed by atoms with Gasteiger partial charge in [0.2, 0.25) is 0 Å². The van der Waals surface area contributed by atoms with E-state index in [1.54, 1.807) is 6.08 Å². The van der Waals surface area contributed by atoms with Crippen LogP contribution in [0, 0.1) is 18.3 Å². The Kier molecular flexibility index (Phi) is 10.5. The monoisotopic (exact) mass is 345 g/mol. The molecule has 1 rings (SSSR count). The summed E-state index contributed by atoms with van der Waals surface area (Å²) in [4.78, 5) is 0. The molecular formula is C21H35N3O. The maximum absolute atomic E-state index is 5.48. The van der Waals surface area contributed by atoms with Crippen molar-refractivity contribution in [2.75, 3.05) is 0 Å². The predicted octanol–water partition coefficient (Wildman–Crippen LogP) is 5.83. The van der Waals surface area contributed by atoms with E-state index in [9.17, 15) is 0 Å². The maximum atomic E-state index is 5.48. The first kappa shape index (κ1) is 22.9. The van der Waals surface area contributed by atoms with Crippen LogP contribution >= 0.6 is 0 Å². The average molecular weight is 346 g/mol. The Morgan fingerprint density at radius 1 is 1.24 bits per heavy atom. The van der Waals surface area contributed by atoms with Crippen LogP contribution < -0.4 is 5.73 Å². The van der Waals surface area contributed by atoms with Gasteiger partial charge in [-0.3, -0.25) is 0 Å². The summed E-state index contributed by atoms with van der Waals surface area (Å²) in [6.07, 6.45) is 13.0. The molecule has 2 N–H and O–H groups in total. The molecule has 0 saturated heterocycles. The van der Waals surface area contributed by atoms with E-state index in [1.807, 2.05) is 26.8 Å². The largest absolute Gasteiger partial charge is 0.405 e. The van der Waals surface area contributed by atoms with Gasteiger partial charge in [-0.15, -0.1) is 0 Å². The van der Waals surface area contributed by atoms with Crippen LogP contribution in [0.4, 0.5) is 0 Å². The zero-order valence-electron chi connectivity index (χ0n) is 17.1. The van der Waals surface area contributed by atoms with E-state index in [1.165, 1.54) is 11.8 Å². The van der Waals surface area contributed by atoms with E-state index in [2.05, 4.69) is 63.2 Å². The number of allylic oxidation sites excluding steroid dienone is 7. The fourth-order valence-corrected chi connectivity index (χ4v) is 2.29. The van der Waals surface area contributed by atoms with Crippen LogP contribution in [0.1, 0.15) is 66.3 Å². The first-order valence-electron chi connectivity index (χ1n) is 9.08. The molecule has 0 fully saturated rings. The minimum Gasteiger partial charge on any atom is -0.405 e. The van der Waals surface area contributed by atoms with Crippen LogP contribution in [0.15, 0.2) is 46.8 Å². The van der Waals surface area contributed by atoms with E-state index in [4.69, 9.17) is 10.4 Å². The van der Waals surface area contributed by atoms with Crippen molar-refractivity contribution < 1.29 is 4.63 Å². The number of hydrogen-bond donors (Lipinski definition) is 1. The molecular weight excluding hydrogens is 310 g/mol. The molecule has 4 heteroatoms. The molecule has 140 valence electrons. The van der Waals surface area contributed by atoms with Crippen LogP contribution in [0.2, 0.25) is 0 Å². The van der Waals surface area contributed by atoms with E-state index in [-0.39, 0.29) is 11.3 Å². The fourth-order valence-electron chi connectivity index (χ4n) is 2.29. The third-order valence-electron chi connectivity index (χ3n) is 3.66. The van der Waals surface area contributed by atoms with E-state index >= 15 is 0 Å². The zero-order chi connectivity index (χ0) is 19.5. The van der Waals surface area contributed by atoms with E-state index < -0.39 is 0 Å². The molecule has 0 saturated carbocycles. The lowest BCUT2D eigenvalue weighted by atomic mass is 9.84. The van der Waals surface area contributed by atoms with Gasteiger partial charge >= 0.3 is 0 Å². The number of nitrogens with two attached hydrogens (primary N) is 1. The van der Waals surface area contributed by atoms with Gasteiger partial charge in [-0.05, 0) is 47.3 Å². The minimum absolute atomic E-state index is 0.124. The van der Waals surface area contributed by atoms with Gasteiger partial charge in [-0.1, -0.05) is 77.9 Å². The Morgan fingerprint density at radius 3 is 2.32 bits per heavy atom. The first-order valence-corrected chi connectivity index (χ1v) is 9.08. The van der Waals surface area contributed by atoms with Crippen LogP contribution in [0.5, 0.6) is 0 Å². The number of rotatable bonds is 6. The van der Waals surface area contributed by atoms with Gasteiger partial charge in [0.1, 0.15) is 11.4 Å². The highest BCUT2D eigenvalue weighted by Gasteiger charge is 2.17. The Balaban J connectivity index is 0.00000277. The van der Waals surface area contributed by atoms with Gasteiger partial charge in [0.15, 0.2) is 0 Å². The molecule has 1 atom stereocenters. The maximum Gasteiger partial charge on any atom is 0.134 e. The molecule has 0 aliphatic rings. The summed E-state index contributed by atoms with van der Waals surface area (Å²) in [5.74, 6) is 0.166. The lowest BCUT2D eigenvalue weighted by Gasteiger charge is -2.21. The topological polar surface area (TPSA) is 64.9 Å². The molecule has 1 aromatic rings. The van der Waals surface area contributed by atoms with Crippen molar-refractivity contribution in [2.24, 2.45) is 17.1 Å². The van der Waals surface area contributed by atoms with Gasteiger partial charge < -0.3 is 5.73 Å². The van der Waals surface area contributed by atoms with Crippen molar-refractivity contribution in [1.82, 2.24) is 10.3 Å². The van der Waals surface area contributed by atoms with Crippen LogP contribution in [-0.2, 0) is 0 Å². The van der Waals surface area contributed by atoms with Crippen molar-refractivity contribution in [3.05, 3.63) is 53.5 Å². The molecule has 0 bridgehead atoms. The lowest BCUT2D eigenvalue weighted by Crippen LogP contribution is -2.08. The SMILES string of the molecule is CC.CC/C=C(\C=C/C(C)/C(=C/C=C/N)c1nonc1C)C(C)(C)C. The summed E-state index contributed by atoms with van der Waals surface area (Å²) >= 11 is 0. The van der Waals surface area contributed by atoms with Crippen molar-refractivity contribution >= 4 is 5.57 Å². The third-order valence-corrected chi connectivity index (χ3v) is 3.66. The second kappa shape index (κ2) is 11.5.